The van der Waals surface area contributed by atoms with Gasteiger partial charge in [-0.1, -0.05) is 76.1 Å². The van der Waals surface area contributed by atoms with E-state index in [2.05, 4.69) is 19.1 Å². The highest BCUT2D eigenvalue weighted by Gasteiger charge is 2.35. The fourth-order valence-corrected chi connectivity index (χ4v) is 6.42. The number of halogens is 1. The number of hydrogen-bond donors (Lipinski definition) is 0. The average molecular weight is 439 g/mol. The van der Waals surface area contributed by atoms with Crippen LogP contribution in [0.1, 0.15) is 106 Å². The van der Waals surface area contributed by atoms with Crippen LogP contribution in [0.15, 0.2) is 30.3 Å². The predicted octanol–water partition coefficient (Wildman–Crippen LogP) is 8.43. The fraction of sp³-hybridized carbons (Fsp3) is 0.621. The molecule has 2 saturated carbocycles. The molecule has 2 unspecified atom stereocenters. The Hall–Kier alpha value is -1.90. The lowest BCUT2D eigenvalue weighted by molar-refractivity contribution is 0.0596. The van der Waals surface area contributed by atoms with Crippen LogP contribution in [-0.2, 0) is 4.74 Å². The molecule has 0 heterocycles. The molecular formula is C29H39FO2. The Morgan fingerprint density at radius 3 is 2.56 bits per heavy atom. The molecule has 2 aliphatic carbocycles. The van der Waals surface area contributed by atoms with Crippen molar-refractivity contribution in [2.24, 2.45) is 17.8 Å². The van der Waals surface area contributed by atoms with Crippen molar-refractivity contribution in [2.75, 3.05) is 7.11 Å². The highest BCUT2D eigenvalue weighted by Crippen LogP contribution is 2.48. The maximum Gasteiger partial charge on any atom is 0.340 e. The Morgan fingerprint density at radius 1 is 0.969 bits per heavy atom. The summed E-state index contributed by atoms with van der Waals surface area (Å²) in [5.74, 6) is 2.22. The summed E-state index contributed by atoms with van der Waals surface area (Å²) in [4.78, 5) is 11.8. The number of carbonyl (C=O) groups is 1. The summed E-state index contributed by atoms with van der Waals surface area (Å²) in [5.41, 5.74) is 1.34. The number of benzene rings is 2. The van der Waals surface area contributed by atoms with Gasteiger partial charge in [-0.05, 0) is 72.8 Å². The molecule has 32 heavy (non-hydrogen) atoms. The normalized spacial score (nSPS) is 25.5. The lowest BCUT2D eigenvalue weighted by Crippen LogP contribution is -2.30. The van der Waals surface area contributed by atoms with Crippen LogP contribution >= 0.6 is 0 Å². The first-order chi connectivity index (χ1) is 15.6. The molecule has 0 bridgehead atoms. The molecule has 0 aromatic heterocycles. The molecule has 0 spiro atoms. The number of ether oxygens (including phenoxy) is 1. The van der Waals surface area contributed by atoms with E-state index in [1.165, 1.54) is 89.7 Å². The molecule has 2 nitrogen and oxygen atoms in total. The molecule has 0 amide bonds. The smallest absolute Gasteiger partial charge is 0.340 e. The molecule has 0 N–H and O–H groups in total. The van der Waals surface area contributed by atoms with Gasteiger partial charge in [0.25, 0.3) is 0 Å². The van der Waals surface area contributed by atoms with Crippen LogP contribution in [0.4, 0.5) is 4.39 Å². The van der Waals surface area contributed by atoms with E-state index in [1.54, 1.807) is 6.07 Å². The number of carbonyl (C=O) groups excluding carboxylic acids is 1. The molecule has 0 aliphatic heterocycles. The lowest BCUT2D eigenvalue weighted by atomic mass is 9.63. The maximum absolute atomic E-state index is 14.8. The monoisotopic (exact) mass is 438 g/mol. The summed E-state index contributed by atoms with van der Waals surface area (Å²) < 4.78 is 19.5. The third-order valence-corrected chi connectivity index (χ3v) is 8.29. The minimum atomic E-state index is -0.622. The van der Waals surface area contributed by atoms with Gasteiger partial charge in [-0.2, -0.15) is 0 Å². The second kappa shape index (κ2) is 10.8. The van der Waals surface area contributed by atoms with E-state index in [9.17, 15) is 9.18 Å². The number of rotatable bonds is 8. The third kappa shape index (κ3) is 5.18. The number of fused-ring (bicyclic) bond motifs is 2. The summed E-state index contributed by atoms with van der Waals surface area (Å²) in [6.07, 6.45) is 16.6. The van der Waals surface area contributed by atoms with Crippen molar-refractivity contribution in [3.8, 4) is 0 Å². The van der Waals surface area contributed by atoms with Crippen LogP contribution in [0.2, 0.25) is 0 Å². The van der Waals surface area contributed by atoms with Crippen molar-refractivity contribution in [2.45, 2.75) is 89.9 Å². The van der Waals surface area contributed by atoms with Crippen LogP contribution in [0, 0.1) is 23.6 Å². The first kappa shape index (κ1) is 23.3. The zero-order valence-corrected chi connectivity index (χ0v) is 19.9. The SMILES string of the molecule is CCCCCCCC1CC[C@@H]2CC(c3ccc4c(F)c(C(=O)OC)ccc4c3)CC[C@H]2C1. The Kier molecular flexibility index (Phi) is 7.86. The van der Waals surface area contributed by atoms with Crippen LogP contribution in [0.3, 0.4) is 0 Å². The first-order valence-electron chi connectivity index (χ1n) is 12.9. The van der Waals surface area contributed by atoms with Crippen molar-refractivity contribution in [3.05, 3.63) is 47.3 Å². The standard InChI is InChI=1S/C29H39FO2/c1-3-4-5-6-7-8-20-9-10-22-18-23(12-11-21(22)17-20)24-13-15-26-25(19-24)14-16-27(28(26)30)29(31)32-2/h13-16,19-23H,3-12,17-18H2,1-2H3/t20?,21-,22+,23?/m0/s1. The fourth-order valence-electron chi connectivity index (χ4n) is 6.42. The molecular weight excluding hydrogens is 399 g/mol. The summed E-state index contributed by atoms with van der Waals surface area (Å²) in [5, 5.41) is 1.38. The zero-order valence-electron chi connectivity index (χ0n) is 19.9. The highest BCUT2D eigenvalue weighted by molar-refractivity contribution is 5.96. The van der Waals surface area contributed by atoms with Crippen molar-refractivity contribution >= 4 is 16.7 Å². The molecule has 2 aromatic carbocycles. The largest absolute Gasteiger partial charge is 0.465 e. The molecule has 0 radical (unpaired) electrons. The average Bonchev–Trinajstić information content (AvgIpc) is 2.83. The second-order valence-electron chi connectivity index (χ2n) is 10.3. The summed E-state index contributed by atoms with van der Waals surface area (Å²) in [6.45, 7) is 2.29. The first-order valence-corrected chi connectivity index (χ1v) is 12.9. The van der Waals surface area contributed by atoms with Gasteiger partial charge in [0.15, 0.2) is 0 Å². The van der Waals surface area contributed by atoms with Gasteiger partial charge >= 0.3 is 5.97 Å². The van der Waals surface area contributed by atoms with Crippen molar-refractivity contribution in [1.29, 1.82) is 0 Å². The van der Waals surface area contributed by atoms with E-state index in [0.29, 0.717) is 11.3 Å². The lowest BCUT2D eigenvalue weighted by Gasteiger charge is -2.42. The summed E-state index contributed by atoms with van der Waals surface area (Å²) in [7, 11) is 1.28. The Morgan fingerprint density at radius 2 is 1.75 bits per heavy atom. The van der Waals surface area contributed by atoms with Crippen LogP contribution in [0.5, 0.6) is 0 Å². The van der Waals surface area contributed by atoms with Crippen LogP contribution in [-0.4, -0.2) is 13.1 Å². The van der Waals surface area contributed by atoms with E-state index in [0.717, 1.165) is 23.1 Å². The van der Waals surface area contributed by atoms with Gasteiger partial charge < -0.3 is 4.74 Å². The van der Waals surface area contributed by atoms with E-state index >= 15 is 0 Å². The van der Waals surface area contributed by atoms with Gasteiger partial charge in [0, 0.05) is 5.39 Å². The van der Waals surface area contributed by atoms with Crippen molar-refractivity contribution in [1.82, 2.24) is 0 Å². The molecule has 2 fully saturated rings. The van der Waals surface area contributed by atoms with Crippen molar-refractivity contribution < 1.29 is 13.9 Å². The van der Waals surface area contributed by atoms with E-state index in [1.807, 2.05) is 12.1 Å². The van der Waals surface area contributed by atoms with Crippen LogP contribution < -0.4 is 0 Å². The Balaban J connectivity index is 1.36. The second-order valence-corrected chi connectivity index (χ2v) is 10.3. The molecule has 4 rings (SSSR count). The van der Waals surface area contributed by atoms with Crippen molar-refractivity contribution in [3.63, 3.8) is 0 Å². The number of hydrogen-bond acceptors (Lipinski definition) is 2. The molecule has 4 atom stereocenters. The number of esters is 1. The third-order valence-electron chi connectivity index (χ3n) is 8.29. The van der Waals surface area contributed by atoms with E-state index in [-0.39, 0.29) is 5.56 Å². The minimum absolute atomic E-state index is 0.00961. The summed E-state index contributed by atoms with van der Waals surface area (Å²) >= 11 is 0. The number of methoxy groups -OCH3 is 1. The van der Waals surface area contributed by atoms with E-state index < -0.39 is 11.8 Å². The van der Waals surface area contributed by atoms with Gasteiger partial charge in [0.2, 0.25) is 0 Å². The molecule has 174 valence electrons. The molecule has 2 aliphatic rings. The maximum atomic E-state index is 14.8. The summed E-state index contributed by atoms with van der Waals surface area (Å²) in [6, 6.07) is 9.49. The molecule has 0 saturated heterocycles. The zero-order chi connectivity index (χ0) is 22.5. The molecule has 3 heteroatoms. The van der Waals surface area contributed by atoms with Gasteiger partial charge in [-0.15, -0.1) is 0 Å². The highest BCUT2D eigenvalue weighted by atomic mass is 19.1. The van der Waals surface area contributed by atoms with Gasteiger partial charge in [-0.25, -0.2) is 9.18 Å². The number of unbranched alkanes of at least 4 members (excludes halogenated alkanes) is 4. The van der Waals surface area contributed by atoms with Gasteiger partial charge in [0.05, 0.1) is 12.7 Å². The van der Waals surface area contributed by atoms with Gasteiger partial charge in [0.1, 0.15) is 5.82 Å². The topological polar surface area (TPSA) is 26.3 Å². The molecule has 2 aromatic rings. The predicted molar refractivity (Wildman–Crippen MR) is 130 cm³/mol. The van der Waals surface area contributed by atoms with E-state index in [4.69, 9.17) is 4.74 Å². The minimum Gasteiger partial charge on any atom is -0.465 e. The Labute approximate surface area is 192 Å². The Bertz CT molecular complexity index is 921. The van der Waals surface area contributed by atoms with Gasteiger partial charge in [-0.3, -0.25) is 0 Å². The van der Waals surface area contributed by atoms with Crippen LogP contribution in [0.25, 0.3) is 10.8 Å². The quantitative estimate of drug-likeness (QED) is 0.305.